The Kier molecular flexibility index (Phi) is 7.22. The molecule has 261 valence electrons. The molecule has 3 heterocycles. The standard InChI is InChI=1S/C48H37BNO4/c1-47(2,51)48(3,4)54-49-39-19-7-8-20-42(39)50-40-25-23-29(31-15-11-17-35-33-13-5-9-21-43(33)52-45(31)35)27-37(40)38-28-30(24-26-41(38)50)32-16-12-18-36-34-14-6-10-22-44(34)53-46(32)36/h5-28,51H,1-4H3. The van der Waals surface area contributed by atoms with Crippen LogP contribution in [0.25, 0.3) is 93.6 Å². The fraction of sp³-hybridized carbons (Fsp3) is 0.125. The van der Waals surface area contributed by atoms with Gasteiger partial charge in [-0.2, -0.15) is 0 Å². The summed E-state index contributed by atoms with van der Waals surface area (Å²) in [7, 11) is 1.78. The van der Waals surface area contributed by atoms with Gasteiger partial charge in [0.1, 0.15) is 22.3 Å². The monoisotopic (exact) mass is 702 g/mol. The van der Waals surface area contributed by atoms with Crippen LogP contribution in [-0.4, -0.2) is 28.4 Å². The van der Waals surface area contributed by atoms with Crippen LogP contribution in [0.5, 0.6) is 0 Å². The van der Waals surface area contributed by atoms with E-state index in [1.165, 1.54) is 0 Å². The highest BCUT2D eigenvalue weighted by Crippen LogP contribution is 2.42. The lowest BCUT2D eigenvalue weighted by atomic mass is 9.81. The highest BCUT2D eigenvalue weighted by Gasteiger charge is 2.36. The van der Waals surface area contributed by atoms with Crippen molar-refractivity contribution in [2.24, 2.45) is 0 Å². The first-order chi connectivity index (χ1) is 26.2. The number of fused-ring (bicyclic) bond motifs is 9. The maximum absolute atomic E-state index is 10.9. The highest BCUT2D eigenvalue weighted by molar-refractivity contribution is 6.49. The van der Waals surface area contributed by atoms with Gasteiger partial charge in [-0.15, -0.1) is 0 Å². The number of hydrogen-bond donors (Lipinski definition) is 1. The summed E-state index contributed by atoms with van der Waals surface area (Å²) in [6.07, 6.45) is 0. The van der Waals surface area contributed by atoms with E-state index in [4.69, 9.17) is 13.5 Å². The summed E-state index contributed by atoms with van der Waals surface area (Å²) in [5.74, 6) is 0. The Morgan fingerprint density at radius 2 is 1.00 bits per heavy atom. The maximum Gasteiger partial charge on any atom is 0.333 e. The zero-order valence-corrected chi connectivity index (χ0v) is 30.6. The zero-order valence-electron chi connectivity index (χ0n) is 30.6. The number of rotatable bonds is 7. The molecule has 0 aliphatic carbocycles. The van der Waals surface area contributed by atoms with Crippen LogP contribution >= 0.6 is 0 Å². The molecule has 0 fully saturated rings. The molecule has 0 spiro atoms. The molecule has 0 saturated carbocycles. The molecule has 0 saturated heterocycles. The van der Waals surface area contributed by atoms with Crippen molar-refractivity contribution in [3.8, 4) is 27.9 Å². The molecule has 10 rings (SSSR count). The molecule has 1 N–H and O–H groups in total. The van der Waals surface area contributed by atoms with Crippen LogP contribution < -0.4 is 5.46 Å². The van der Waals surface area contributed by atoms with Gasteiger partial charge in [0.05, 0.1) is 22.2 Å². The third-order valence-electron chi connectivity index (χ3n) is 11.3. The van der Waals surface area contributed by atoms with E-state index < -0.39 is 11.2 Å². The number of hydrogen-bond acceptors (Lipinski definition) is 4. The number of benzene rings is 7. The predicted molar refractivity (Wildman–Crippen MR) is 223 cm³/mol. The minimum absolute atomic E-state index is 0.819. The quantitative estimate of drug-likeness (QED) is 0.168. The van der Waals surface area contributed by atoms with Crippen LogP contribution in [0.2, 0.25) is 0 Å². The van der Waals surface area contributed by atoms with Crippen LogP contribution in [0.1, 0.15) is 27.7 Å². The molecule has 0 unspecified atom stereocenters. The summed E-state index contributed by atoms with van der Waals surface area (Å²) in [6.45, 7) is 7.35. The zero-order chi connectivity index (χ0) is 36.8. The Hall–Kier alpha value is -6.08. The first-order valence-corrected chi connectivity index (χ1v) is 18.4. The van der Waals surface area contributed by atoms with Gasteiger partial charge in [-0.3, -0.25) is 0 Å². The Balaban J connectivity index is 1.21. The third-order valence-corrected chi connectivity index (χ3v) is 11.3. The molecule has 3 aromatic heterocycles. The van der Waals surface area contributed by atoms with Gasteiger partial charge >= 0.3 is 7.48 Å². The molecule has 0 aliphatic rings. The second kappa shape index (κ2) is 12.0. The Labute approximate surface area is 313 Å². The van der Waals surface area contributed by atoms with Crippen LogP contribution in [0, 0.1) is 0 Å². The van der Waals surface area contributed by atoms with Gasteiger partial charge in [0.15, 0.2) is 0 Å². The Morgan fingerprint density at radius 1 is 0.519 bits per heavy atom. The van der Waals surface area contributed by atoms with Crippen molar-refractivity contribution in [1.82, 2.24) is 4.57 Å². The summed E-state index contributed by atoms with van der Waals surface area (Å²) in [6, 6.07) is 50.9. The van der Waals surface area contributed by atoms with Gasteiger partial charge in [0.2, 0.25) is 0 Å². The number of aliphatic hydroxyl groups is 1. The molecule has 0 bridgehead atoms. The third kappa shape index (κ3) is 5.02. The van der Waals surface area contributed by atoms with E-state index >= 15 is 0 Å². The minimum atomic E-state index is -1.05. The van der Waals surface area contributed by atoms with E-state index in [-0.39, 0.29) is 0 Å². The van der Waals surface area contributed by atoms with Gasteiger partial charge in [0, 0.05) is 49.1 Å². The highest BCUT2D eigenvalue weighted by atomic mass is 16.5. The first-order valence-electron chi connectivity index (χ1n) is 18.4. The van der Waals surface area contributed by atoms with Gasteiger partial charge in [-0.05, 0) is 86.7 Å². The average Bonchev–Trinajstić information content (AvgIpc) is 3.86. The van der Waals surface area contributed by atoms with E-state index in [1.54, 1.807) is 21.3 Å². The van der Waals surface area contributed by atoms with Gasteiger partial charge in [0.25, 0.3) is 0 Å². The molecule has 0 amide bonds. The van der Waals surface area contributed by atoms with Crippen LogP contribution in [0.4, 0.5) is 0 Å². The van der Waals surface area contributed by atoms with Crippen LogP contribution in [0.15, 0.2) is 154 Å². The molecule has 1 radical (unpaired) electrons. The molecule has 0 aliphatic heterocycles. The van der Waals surface area contributed by atoms with E-state index in [0.29, 0.717) is 0 Å². The lowest BCUT2D eigenvalue weighted by molar-refractivity contribution is -0.0893. The lowest BCUT2D eigenvalue weighted by Gasteiger charge is -2.37. The molecule has 0 atom stereocenters. The summed E-state index contributed by atoms with van der Waals surface area (Å²) >= 11 is 0. The number of furan rings is 2. The topological polar surface area (TPSA) is 60.7 Å². The fourth-order valence-corrected chi connectivity index (χ4v) is 7.71. The normalized spacial score (nSPS) is 12.6. The largest absolute Gasteiger partial charge is 0.455 e. The summed E-state index contributed by atoms with van der Waals surface area (Å²) in [5.41, 5.74) is 9.90. The molecular formula is C48H37BNO4. The van der Waals surface area contributed by atoms with Crippen molar-refractivity contribution in [2.45, 2.75) is 38.9 Å². The second-order valence-corrected chi connectivity index (χ2v) is 15.2. The smallest absolute Gasteiger partial charge is 0.333 e. The molecule has 10 aromatic rings. The second-order valence-electron chi connectivity index (χ2n) is 15.2. The van der Waals surface area contributed by atoms with E-state index in [2.05, 4.69) is 120 Å². The SMILES string of the molecule is CC(C)(O)C(C)(C)O[B]c1ccccc1-n1c2ccc(-c3cccc4c3oc3ccccc34)cc2c2cc(-c3cccc4c3oc3ccccc34)ccc21. The minimum Gasteiger partial charge on any atom is -0.455 e. The maximum atomic E-state index is 10.9. The van der Waals surface area contributed by atoms with Gasteiger partial charge in [-0.25, -0.2) is 0 Å². The van der Waals surface area contributed by atoms with Crippen LogP contribution in [0.3, 0.4) is 0 Å². The molecule has 54 heavy (non-hydrogen) atoms. The summed E-state index contributed by atoms with van der Waals surface area (Å²) in [4.78, 5) is 0. The van der Waals surface area contributed by atoms with E-state index in [9.17, 15) is 5.11 Å². The van der Waals surface area contributed by atoms with Crippen molar-refractivity contribution in [2.75, 3.05) is 0 Å². The summed E-state index contributed by atoms with van der Waals surface area (Å²) < 4.78 is 21.6. The van der Waals surface area contributed by atoms with Gasteiger partial charge in [-0.1, -0.05) is 103 Å². The lowest BCUT2D eigenvalue weighted by Crippen LogP contribution is -2.49. The molecule has 5 nitrogen and oxygen atoms in total. The molecular weight excluding hydrogens is 665 g/mol. The van der Waals surface area contributed by atoms with Gasteiger partial charge < -0.3 is 23.2 Å². The molecule has 6 heteroatoms. The number of aromatic nitrogens is 1. The number of nitrogens with zero attached hydrogens (tertiary/aromatic N) is 1. The fourth-order valence-electron chi connectivity index (χ4n) is 7.71. The number of para-hydroxylation sites is 5. The van der Waals surface area contributed by atoms with Crippen molar-refractivity contribution in [3.05, 3.63) is 146 Å². The van der Waals surface area contributed by atoms with Crippen molar-refractivity contribution in [1.29, 1.82) is 0 Å². The Morgan fingerprint density at radius 3 is 1.54 bits per heavy atom. The average molecular weight is 703 g/mol. The molecule has 7 aromatic carbocycles. The Bertz CT molecular complexity index is 2910. The predicted octanol–water partition coefficient (Wildman–Crippen LogP) is 11.7. The van der Waals surface area contributed by atoms with E-state index in [1.807, 2.05) is 44.2 Å². The van der Waals surface area contributed by atoms with E-state index in [0.717, 1.165) is 99.1 Å². The first kappa shape index (κ1) is 32.6. The van der Waals surface area contributed by atoms with Crippen LogP contribution in [-0.2, 0) is 4.65 Å². The van der Waals surface area contributed by atoms with Crippen molar-refractivity contribution in [3.63, 3.8) is 0 Å². The van der Waals surface area contributed by atoms with Crippen molar-refractivity contribution < 1.29 is 18.6 Å². The summed E-state index contributed by atoms with van der Waals surface area (Å²) in [5, 5.41) is 17.5. The van der Waals surface area contributed by atoms with Crippen molar-refractivity contribution >= 4 is 78.6 Å².